The van der Waals surface area contributed by atoms with Crippen LogP contribution in [0.2, 0.25) is 0 Å². The van der Waals surface area contributed by atoms with Crippen molar-refractivity contribution in [2.75, 3.05) is 0 Å². The second kappa shape index (κ2) is 8.98. The quantitative estimate of drug-likeness (QED) is 0.500. The van der Waals surface area contributed by atoms with Gasteiger partial charge in [-0.3, -0.25) is 0 Å². The number of hydrogen-bond donors (Lipinski definition) is 0. The van der Waals surface area contributed by atoms with Gasteiger partial charge in [-0.05, 0) is 48.0 Å². The molecular weight excluding hydrogens is 144 g/mol. The molecule has 0 N–H and O–H groups in total. The Hall–Kier alpha value is -2.02. The van der Waals surface area contributed by atoms with Crippen LogP contribution in [0, 0.1) is 47.9 Å². The van der Waals surface area contributed by atoms with Crippen LogP contribution < -0.4 is 0 Å². The maximum atomic E-state index is 4.87. The maximum absolute atomic E-state index is 4.87. The molecule has 0 saturated heterocycles. The van der Waals surface area contributed by atoms with Gasteiger partial charge in [-0.1, -0.05) is 18.9 Å². The normalized spacial score (nSPS) is 6.33. The fraction of sp³-hybridized carbons (Fsp3) is 0.167. The van der Waals surface area contributed by atoms with E-state index < -0.39 is 0 Å². The summed E-state index contributed by atoms with van der Waals surface area (Å²) in [7, 11) is 0. The van der Waals surface area contributed by atoms with Crippen LogP contribution in [-0.2, 0) is 0 Å². The second-order valence-corrected chi connectivity index (χ2v) is 1.72. The zero-order chi connectivity index (χ0) is 9.07. The Morgan fingerprint density at radius 2 is 1.75 bits per heavy atom. The van der Waals surface area contributed by atoms with Crippen molar-refractivity contribution in [3.63, 3.8) is 0 Å². The first-order valence-corrected chi connectivity index (χ1v) is 3.53. The first-order chi connectivity index (χ1) is 5.91. The van der Waals surface area contributed by atoms with Gasteiger partial charge in [0.1, 0.15) is 0 Å². The van der Waals surface area contributed by atoms with E-state index in [4.69, 9.17) is 6.42 Å². The molecule has 0 bridgehead atoms. The number of terminal acetylenes is 1. The van der Waals surface area contributed by atoms with Gasteiger partial charge in [0.25, 0.3) is 0 Å². The van der Waals surface area contributed by atoms with Crippen LogP contribution in [-0.4, -0.2) is 0 Å². The SMILES string of the molecule is C#CC#CC#CC#C/C=C/CC. The Morgan fingerprint density at radius 3 is 2.42 bits per heavy atom. The molecule has 0 fully saturated rings. The van der Waals surface area contributed by atoms with Crippen molar-refractivity contribution in [2.45, 2.75) is 13.3 Å². The molecule has 0 aliphatic heterocycles. The Bertz CT molecular complexity index is 356. The molecule has 0 amide bonds. The van der Waals surface area contributed by atoms with Crippen LogP contribution in [0.3, 0.4) is 0 Å². The van der Waals surface area contributed by atoms with Crippen LogP contribution in [0.4, 0.5) is 0 Å². The van der Waals surface area contributed by atoms with Gasteiger partial charge in [0, 0.05) is 0 Å². The number of allylic oxidation sites excluding steroid dienone is 2. The monoisotopic (exact) mass is 152 g/mol. The lowest BCUT2D eigenvalue weighted by Crippen LogP contribution is -1.54. The summed E-state index contributed by atoms with van der Waals surface area (Å²) < 4.78 is 0. The molecule has 0 saturated carbocycles. The first kappa shape index (κ1) is 9.98. The van der Waals surface area contributed by atoms with E-state index in [1.165, 1.54) is 0 Å². The summed E-state index contributed by atoms with van der Waals surface area (Å²) in [5, 5.41) is 0. The molecule has 12 heavy (non-hydrogen) atoms. The molecule has 0 aromatic carbocycles. The lowest BCUT2D eigenvalue weighted by atomic mass is 10.4. The van der Waals surface area contributed by atoms with Crippen molar-refractivity contribution in [3.05, 3.63) is 12.2 Å². The van der Waals surface area contributed by atoms with E-state index in [9.17, 15) is 0 Å². The smallest absolute Gasteiger partial charge is 0.0000227 e. The van der Waals surface area contributed by atoms with Gasteiger partial charge in [-0.2, -0.15) is 0 Å². The second-order valence-electron chi connectivity index (χ2n) is 1.72. The molecular formula is C12H8. The van der Waals surface area contributed by atoms with E-state index in [2.05, 4.69) is 41.4 Å². The van der Waals surface area contributed by atoms with E-state index in [1.54, 1.807) is 6.08 Å². The third kappa shape index (κ3) is 7.98. The van der Waals surface area contributed by atoms with Gasteiger partial charge in [-0.15, -0.1) is 6.42 Å². The van der Waals surface area contributed by atoms with Crippen molar-refractivity contribution in [1.82, 2.24) is 0 Å². The average Bonchev–Trinajstić information content (AvgIpc) is 2.10. The predicted octanol–water partition coefficient (Wildman–Crippen LogP) is 1.60. The van der Waals surface area contributed by atoms with Crippen molar-refractivity contribution in [1.29, 1.82) is 0 Å². The average molecular weight is 152 g/mol. The fourth-order valence-corrected chi connectivity index (χ4v) is 0.384. The highest BCUT2D eigenvalue weighted by molar-refractivity contribution is 5.40. The highest BCUT2D eigenvalue weighted by Gasteiger charge is 1.59. The fourth-order valence-electron chi connectivity index (χ4n) is 0.384. The molecule has 0 heterocycles. The minimum atomic E-state index is 0.985. The highest BCUT2D eigenvalue weighted by atomic mass is 13.6. The molecule has 0 spiro atoms. The Balaban J connectivity index is 3.92. The summed E-state index contributed by atoms with van der Waals surface area (Å²) in [6, 6.07) is 0. The lowest BCUT2D eigenvalue weighted by Gasteiger charge is -1.67. The van der Waals surface area contributed by atoms with Gasteiger partial charge in [0.15, 0.2) is 0 Å². The number of hydrogen-bond acceptors (Lipinski definition) is 0. The number of rotatable bonds is 1. The molecule has 0 aromatic heterocycles. The van der Waals surface area contributed by atoms with Crippen molar-refractivity contribution in [2.24, 2.45) is 0 Å². The topological polar surface area (TPSA) is 0 Å². The van der Waals surface area contributed by atoms with Crippen LogP contribution >= 0.6 is 0 Å². The van der Waals surface area contributed by atoms with Crippen molar-refractivity contribution in [3.8, 4) is 47.9 Å². The van der Waals surface area contributed by atoms with E-state index in [0.717, 1.165) is 6.42 Å². The van der Waals surface area contributed by atoms with Crippen molar-refractivity contribution < 1.29 is 0 Å². The van der Waals surface area contributed by atoms with Crippen LogP contribution in [0.15, 0.2) is 12.2 Å². The highest BCUT2D eigenvalue weighted by Crippen LogP contribution is 1.75. The van der Waals surface area contributed by atoms with Crippen LogP contribution in [0.5, 0.6) is 0 Å². The zero-order valence-electron chi connectivity index (χ0n) is 6.94. The van der Waals surface area contributed by atoms with E-state index in [0.29, 0.717) is 0 Å². The third-order valence-electron chi connectivity index (χ3n) is 0.831. The molecule has 56 valence electrons. The molecule has 0 aliphatic rings. The minimum absolute atomic E-state index is 0.985. The Labute approximate surface area is 74.1 Å². The van der Waals surface area contributed by atoms with E-state index >= 15 is 0 Å². The molecule has 0 unspecified atom stereocenters. The maximum Gasteiger partial charge on any atom is -0.0000227 e. The largest absolute Gasteiger partial charge is 0.106 e. The molecule has 0 nitrogen and oxygen atoms in total. The Kier molecular flexibility index (Phi) is 7.47. The molecule has 0 rings (SSSR count). The molecule has 0 radical (unpaired) electrons. The summed E-state index contributed by atoms with van der Waals surface area (Å²) in [5.74, 6) is 17.4. The van der Waals surface area contributed by atoms with E-state index in [-0.39, 0.29) is 0 Å². The van der Waals surface area contributed by atoms with Crippen LogP contribution in [0.25, 0.3) is 0 Å². The molecule has 0 heteroatoms. The zero-order valence-corrected chi connectivity index (χ0v) is 6.94. The molecule has 0 aliphatic carbocycles. The van der Waals surface area contributed by atoms with Crippen molar-refractivity contribution >= 4 is 0 Å². The van der Waals surface area contributed by atoms with E-state index in [1.807, 2.05) is 13.0 Å². The van der Waals surface area contributed by atoms with Gasteiger partial charge >= 0.3 is 0 Å². The molecule has 0 aromatic rings. The van der Waals surface area contributed by atoms with Gasteiger partial charge in [0.2, 0.25) is 0 Å². The van der Waals surface area contributed by atoms with Gasteiger partial charge in [0.05, 0.1) is 0 Å². The summed E-state index contributed by atoms with van der Waals surface area (Å²) in [6.45, 7) is 2.04. The summed E-state index contributed by atoms with van der Waals surface area (Å²) in [5.41, 5.74) is 0. The molecule has 0 atom stereocenters. The van der Waals surface area contributed by atoms with Crippen LogP contribution in [0.1, 0.15) is 13.3 Å². The lowest BCUT2D eigenvalue weighted by molar-refractivity contribution is 1.23. The Morgan fingerprint density at radius 1 is 1.08 bits per heavy atom. The van der Waals surface area contributed by atoms with Gasteiger partial charge < -0.3 is 0 Å². The summed E-state index contributed by atoms with van der Waals surface area (Å²) in [6.07, 6.45) is 9.58. The predicted molar refractivity (Wildman–Crippen MR) is 51.6 cm³/mol. The minimum Gasteiger partial charge on any atom is -0.106 e. The third-order valence-corrected chi connectivity index (χ3v) is 0.831. The standard InChI is InChI=1S/C12H8/c1-3-5-7-9-11-12-10-8-6-4-2/h1,6,8H,4H2,2H3/b8-6+. The van der Waals surface area contributed by atoms with Gasteiger partial charge in [-0.25, -0.2) is 0 Å². The summed E-state index contributed by atoms with van der Waals surface area (Å²) in [4.78, 5) is 0. The first-order valence-electron chi connectivity index (χ1n) is 3.53. The summed E-state index contributed by atoms with van der Waals surface area (Å²) >= 11 is 0.